The Balaban J connectivity index is 2.12. The molecular formula is C16H23NO7. The lowest BCUT2D eigenvalue weighted by Crippen LogP contribution is -2.61. The molecule has 1 spiro atoms. The lowest BCUT2D eigenvalue weighted by atomic mass is 9.61. The molecule has 0 radical (unpaired) electrons. The average molecular weight is 341 g/mol. The molecule has 0 bridgehead atoms. The van der Waals surface area contributed by atoms with E-state index in [0.717, 1.165) is 0 Å². The first-order valence-electron chi connectivity index (χ1n) is 7.87. The summed E-state index contributed by atoms with van der Waals surface area (Å²) in [6.07, 6.45) is -3.17. The number of Topliss-reactive ketones (excluding diaryl/α,β-unsaturated/α-hetero) is 1. The van der Waals surface area contributed by atoms with Gasteiger partial charge in [-0.3, -0.25) is 4.79 Å². The summed E-state index contributed by atoms with van der Waals surface area (Å²) in [7, 11) is 0. The van der Waals surface area contributed by atoms with Gasteiger partial charge in [-0.05, 0) is 26.7 Å². The molecule has 6 N–H and O–H groups in total. The van der Waals surface area contributed by atoms with Gasteiger partial charge in [-0.15, -0.1) is 0 Å². The number of nitrogens with two attached hydrogens (primary N) is 1. The van der Waals surface area contributed by atoms with Crippen LogP contribution in [0.1, 0.15) is 33.6 Å². The van der Waals surface area contributed by atoms with Crippen LogP contribution in [0.25, 0.3) is 0 Å². The van der Waals surface area contributed by atoms with Crippen molar-refractivity contribution in [3.63, 3.8) is 0 Å². The number of amides is 1. The van der Waals surface area contributed by atoms with E-state index in [2.05, 4.69) is 0 Å². The van der Waals surface area contributed by atoms with Crippen LogP contribution in [0.2, 0.25) is 0 Å². The molecule has 0 heterocycles. The lowest BCUT2D eigenvalue weighted by molar-refractivity contribution is -0.160. The van der Waals surface area contributed by atoms with Crippen LogP contribution >= 0.6 is 0 Å². The number of hydrogen-bond acceptors (Lipinski definition) is 7. The van der Waals surface area contributed by atoms with Gasteiger partial charge in [0.25, 0.3) is 0 Å². The molecule has 3 rings (SSSR count). The number of ketones is 1. The summed E-state index contributed by atoms with van der Waals surface area (Å²) in [6, 6.07) is 0. The SMILES string of the molecule is CC1(COC(N)=O)C(O)C2=C(C1O)C(C)(O)C1(CC1)C(C)(O)C2=O. The van der Waals surface area contributed by atoms with E-state index in [-0.39, 0.29) is 11.1 Å². The van der Waals surface area contributed by atoms with Crippen LogP contribution in [0.15, 0.2) is 11.1 Å². The Hall–Kier alpha value is -1.48. The Kier molecular flexibility index (Phi) is 3.30. The van der Waals surface area contributed by atoms with Gasteiger partial charge in [0.15, 0.2) is 5.78 Å². The number of carbonyl (C=O) groups is 2. The van der Waals surface area contributed by atoms with Gasteiger partial charge in [-0.25, -0.2) is 4.79 Å². The molecular weight excluding hydrogens is 318 g/mol. The van der Waals surface area contributed by atoms with Crippen molar-refractivity contribution in [3.05, 3.63) is 11.1 Å². The van der Waals surface area contributed by atoms with Crippen LogP contribution in [0.3, 0.4) is 0 Å². The molecule has 8 heteroatoms. The first-order chi connectivity index (χ1) is 10.8. The summed E-state index contributed by atoms with van der Waals surface area (Å²) in [5, 5.41) is 43.3. The van der Waals surface area contributed by atoms with Crippen molar-refractivity contribution >= 4 is 11.9 Å². The highest BCUT2D eigenvalue weighted by Gasteiger charge is 2.76. The summed E-state index contributed by atoms with van der Waals surface area (Å²) >= 11 is 0. The van der Waals surface area contributed by atoms with Gasteiger partial charge in [0.2, 0.25) is 0 Å². The smallest absolute Gasteiger partial charge is 0.404 e. The summed E-state index contributed by atoms with van der Waals surface area (Å²) < 4.78 is 4.74. The number of ether oxygens (including phenoxy) is 1. The van der Waals surface area contributed by atoms with Gasteiger partial charge >= 0.3 is 6.09 Å². The largest absolute Gasteiger partial charge is 0.449 e. The molecule has 1 fully saturated rings. The molecule has 0 aromatic carbocycles. The maximum absolute atomic E-state index is 12.8. The Morgan fingerprint density at radius 1 is 1.17 bits per heavy atom. The van der Waals surface area contributed by atoms with E-state index in [9.17, 15) is 30.0 Å². The summed E-state index contributed by atoms with van der Waals surface area (Å²) in [4.78, 5) is 23.7. The molecule has 3 aliphatic rings. The summed E-state index contributed by atoms with van der Waals surface area (Å²) in [5.74, 6) is -0.712. The molecule has 1 saturated carbocycles. The molecule has 0 aromatic rings. The molecule has 1 amide bonds. The van der Waals surface area contributed by atoms with E-state index in [1.807, 2.05) is 0 Å². The molecule has 5 unspecified atom stereocenters. The molecule has 0 saturated heterocycles. The summed E-state index contributed by atoms with van der Waals surface area (Å²) in [6.45, 7) is 3.76. The van der Waals surface area contributed by atoms with E-state index in [1.165, 1.54) is 20.8 Å². The first kappa shape index (κ1) is 17.3. The van der Waals surface area contributed by atoms with Crippen molar-refractivity contribution in [1.82, 2.24) is 0 Å². The molecule has 0 aliphatic heterocycles. The second-order valence-electron chi connectivity index (χ2n) is 7.80. The zero-order chi connectivity index (χ0) is 18.3. The van der Waals surface area contributed by atoms with Crippen molar-refractivity contribution in [1.29, 1.82) is 0 Å². The Morgan fingerprint density at radius 2 is 1.71 bits per heavy atom. The third-order valence-corrected chi connectivity index (χ3v) is 6.44. The van der Waals surface area contributed by atoms with Gasteiger partial charge in [-0.2, -0.15) is 0 Å². The molecule has 134 valence electrons. The minimum atomic E-state index is -1.86. The second-order valence-corrected chi connectivity index (χ2v) is 7.80. The molecule has 24 heavy (non-hydrogen) atoms. The van der Waals surface area contributed by atoms with E-state index in [1.54, 1.807) is 0 Å². The number of rotatable bonds is 2. The zero-order valence-corrected chi connectivity index (χ0v) is 13.9. The van der Waals surface area contributed by atoms with Crippen LogP contribution in [0, 0.1) is 10.8 Å². The fourth-order valence-corrected chi connectivity index (χ4v) is 4.57. The van der Waals surface area contributed by atoms with Crippen molar-refractivity contribution < 1.29 is 34.8 Å². The van der Waals surface area contributed by atoms with Gasteiger partial charge in [-0.1, -0.05) is 6.92 Å². The number of primary amides is 1. The highest BCUT2D eigenvalue weighted by molar-refractivity contribution is 6.06. The Bertz CT molecular complexity index is 661. The Morgan fingerprint density at radius 3 is 2.17 bits per heavy atom. The quantitative estimate of drug-likeness (QED) is 0.431. The van der Waals surface area contributed by atoms with E-state index in [0.29, 0.717) is 12.8 Å². The zero-order valence-electron chi connectivity index (χ0n) is 13.9. The maximum atomic E-state index is 12.8. The Labute approximate surface area is 138 Å². The fraction of sp³-hybridized carbons (Fsp3) is 0.750. The minimum absolute atomic E-state index is 0.000375. The molecule has 5 atom stereocenters. The van der Waals surface area contributed by atoms with Crippen LogP contribution in [-0.4, -0.2) is 62.3 Å². The predicted molar refractivity (Wildman–Crippen MR) is 80.6 cm³/mol. The number of aliphatic hydroxyl groups excluding tert-OH is 2. The van der Waals surface area contributed by atoms with Crippen LogP contribution in [-0.2, 0) is 9.53 Å². The summed E-state index contributed by atoms with van der Waals surface area (Å²) in [5.41, 5.74) is -1.32. The third-order valence-electron chi connectivity index (χ3n) is 6.44. The van der Waals surface area contributed by atoms with Gasteiger partial charge in [0.1, 0.15) is 12.2 Å². The monoisotopic (exact) mass is 341 g/mol. The highest BCUT2D eigenvalue weighted by atomic mass is 16.5. The highest BCUT2D eigenvalue weighted by Crippen LogP contribution is 2.69. The van der Waals surface area contributed by atoms with Gasteiger partial charge in [0, 0.05) is 16.6 Å². The molecule has 3 aliphatic carbocycles. The van der Waals surface area contributed by atoms with E-state index < -0.39 is 52.7 Å². The van der Waals surface area contributed by atoms with Crippen molar-refractivity contribution in [3.8, 4) is 0 Å². The minimum Gasteiger partial charge on any atom is -0.449 e. The van der Waals surface area contributed by atoms with Crippen molar-refractivity contribution in [2.24, 2.45) is 16.6 Å². The number of aliphatic hydroxyl groups is 4. The van der Waals surface area contributed by atoms with Crippen molar-refractivity contribution in [2.75, 3.05) is 6.61 Å². The van der Waals surface area contributed by atoms with Crippen molar-refractivity contribution in [2.45, 2.75) is 57.0 Å². The predicted octanol–water partition coefficient (Wildman–Crippen LogP) is -1.02. The van der Waals surface area contributed by atoms with Crippen LogP contribution in [0.5, 0.6) is 0 Å². The second kappa shape index (κ2) is 4.57. The number of carbonyl (C=O) groups excluding carboxylic acids is 2. The molecule has 0 aromatic heterocycles. The van der Waals surface area contributed by atoms with E-state index in [4.69, 9.17) is 10.5 Å². The van der Waals surface area contributed by atoms with Gasteiger partial charge in [0.05, 0.1) is 23.2 Å². The molecule has 8 nitrogen and oxygen atoms in total. The first-order valence-corrected chi connectivity index (χ1v) is 7.87. The third kappa shape index (κ3) is 1.72. The topological polar surface area (TPSA) is 150 Å². The van der Waals surface area contributed by atoms with E-state index >= 15 is 0 Å². The standard InChI is InChI=1S/C16H23NO7/c1-13(6-24-12(17)21)9(18)7-8(11(13)20)14(2,22)16(4-5-16)15(3,23)10(7)19/h9,11,18,20,22-23H,4-6H2,1-3H3,(H2,17,21). The lowest BCUT2D eigenvalue weighted by Gasteiger charge is -2.48. The van der Waals surface area contributed by atoms with Gasteiger partial charge < -0.3 is 30.9 Å². The number of hydrogen-bond donors (Lipinski definition) is 5. The maximum Gasteiger partial charge on any atom is 0.404 e. The van der Waals surface area contributed by atoms with Crippen LogP contribution in [0.4, 0.5) is 4.79 Å². The van der Waals surface area contributed by atoms with Crippen LogP contribution < -0.4 is 5.73 Å². The average Bonchev–Trinajstić information content (AvgIpc) is 3.26. The fourth-order valence-electron chi connectivity index (χ4n) is 4.57. The normalized spacial score (nSPS) is 46.2.